The number of aryl methyl sites for hydroxylation is 1. The van der Waals surface area contributed by atoms with Gasteiger partial charge in [0.05, 0.1) is 6.04 Å². The summed E-state index contributed by atoms with van der Waals surface area (Å²) in [6.45, 7) is 1.93. The summed E-state index contributed by atoms with van der Waals surface area (Å²) in [4.78, 5) is 0. The summed E-state index contributed by atoms with van der Waals surface area (Å²) < 4.78 is 5.47. The van der Waals surface area contributed by atoms with Gasteiger partial charge in [-0.15, -0.1) is 0 Å². The molecule has 0 aromatic carbocycles. The quantitative estimate of drug-likeness (QED) is 0.721. The third-order valence-electron chi connectivity index (χ3n) is 2.81. The van der Waals surface area contributed by atoms with Gasteiger partial charge in [0.15, 0.2) is 0 Å². The van der Waals surface area contributed by atoms with Crippen LogP contribution in [0.5, 0.6) is 0 Å². The van der Waals surface area contributed by atoms with E-state index in [2.05, 4.69) is 0 Å². The lowest BCUT2D eigenvalue weighted by atomic mass is 9.76. The number of furan rings is 1. The number of hydrogen-bond donors (Lipinski definition) is 2. The van der Waals surface area contributed by atoms with Crippen molar-refractivity contribution in [2.75, 3.05) is 0 Å². The number of nitrogens with two attached hydrogens (primary N) is 2. The van der Waals surface area contributed by atoms with Crippen molar-refractivity contribution in [1.29, 1.82) is 0 Å². The first-order valence-electron chi connectivity index (χ1n) is 4.74. The molecule has 13 heavy (non-hydrogen) atoms. The normalized spacial score (nSPS) is 29.8. The monoisotopic (exact) mass is 180 g/mol. The van der Waals surface area contributed by atoms with Crippen molar-refractivity contribution < 1.29 is 4.42 Å². The summed E-state index contributed by atoms with van der Waals surface area (Å²) in [6, 6.07) is 4.30. The zero-order chi connectivity index (χ0) is 9.42. The molecular formula is C10H16N2O. The van der Waals surface area contributed by atoms with Crippen molar-refractivity contribution in [1.82, 2.24) is 0 Å². The number of hydrogen-bond acceptors (Lipinski definition) is 3. The zero-order valence-corrected chi connectivity index (χ0v) is 7.86. The second-order valence-corrected chi connectivity index (χ2v) is 3.97. The van der Waals surface area contributed by atoms with Gasteiger partial charge in [0.2, 0.25) is 0 Å². The first-order chi connectivity index (χ1) is 6.16. The van der Waals surface area contributed by atoms with Crippen molar-refractivity contribution in [2.24, 2.45) is 17.4 Å². The van der Waals surface area contributed by atoms with Crippen LogP contribution in [-0.2, 0) is 0 Å². The van der Waals surface area contributed by atoms with Gasteiger partial charge >= 0.3 is 0 Å². The molecule has 0 spiro atoms. The van der Waals surface area contributed by atoms with Gasteiger partial charge in [0, 0.05) is 6.04 Å². The van der Waals surface area contributed by atoms with Gasteiger partial charge in [0.25, 0.3) is 0 Å². The Hall–Kier alpha value is -0.800. The fourth-order valence-electron chi connectivity index (χ4n) is 1.87. The van der Waals surface area contributed by atoms with Crippen LogP contribution in [0.4, 0.5) is 0 Å². The molecule has 1 unspecified atom stereocenters. The fraction of sp³-hybridized carbons (Fsp3) is 0.600. The summed E-state index contributed by atoms with van der Waals surface area (Å²) in [5.74, 6) is 2.34. The molecule has 1 aromatic rings. The molecule has 1 fully saturated rings. The molecule has 0 bridgehead atoms. The van der Waals surface area contributed by atoms with Crippen molar-refractivity contribution in [2.45, 2.75) is 31.8 Å². The van der Waals surface area contributed by atoms with E-state index in [4.69, 9.17) is 15.9 Å². The molecule has 1 aliphatic rings. The molecule has 0 radical (unpaired) electrons. The molecule has 1 saturated carbocycles. The van der Waals surface area contributed by atoms with Gasteiger partial charge in [-0.2, -0.15) is 0 Å². The third-order valence-corrected chi connectivity index (χ3v) is 2.81. The van der Waals surface area contributed by atoms with Crippen LogP contribution in [0.2, 0.25) is 0 Å². The minimum Gasteiger partial charge on any atom is -0.465 e. The van der Waals surface area contributed by atoms with Crippen LogP contribution in [0.3, 0.4) is 0 Å². The lowest BCUT2D eigenvalue weighted by molar-refractivity contribution is 0.206. The van der Waals surface area contributed by atoms with Crippen LogP contribution < -0.4 is 11.5 Å². The molecule has 0 aliphatic heterocycles. The lowest BCUT2D eigenvalue weighted by Gasteiger charge is -2.35. The standard InChI is InChI=1S/C10H16N2O/c1-6-2-3-9(13-6)10(12)7-4-8(11)5-7/h2-3,7-8,10H,4-5,11-12H2,1H3. The maximum atomic E-state index is 6.03. The van der Waals surface area contributed by atoms with Crippen LogP contribution >= 0.6 is 0 Å². The molecule has 4 N–H and O–H groups in total. The topological polar surface area (TPSA) is 65.2 Å². The van der Waals surface area contributed by atoms with Crippen LogP contribution in [0.25, 0.3) is 0 Å². The van der Waals surface area contributed by atoms with E-state index in [0.717, 1.165) is 24.4 Å². The van der Waals surface area contributed by atoms with Crippen LogP contribution in [-0.4, -0.2) is 6.04 Å². The van der Waals surface area contributed by atoms with E-state index in [9.17, 15) is 0 Å². The summed E-state index contributed by atoms with van der Waals surface area (Å²) in [7, 11) is 0. The molecule has 2 rings (SSSR count). The minimum absolute atomic E-state index is 0.0356. The molecule has 1 atom stereocenters. The molecule has 3 heteroatoms. The maximum Gasteiger partial charge on any atom is 0.121 e. The minimum atomic E-state index is 0.0356. The molecule has 1 aromatic heterocycles. The van der Waals surface area contributed by atoms with Gasteiger partial charge in [-0.3, -0.25) is 0 Å². The highest BCUT2D eigenvalue weighted by atomic mass is 16.3. The molecule has 0 saturated heterocycles. The fourth-order valence-corrected chi connectivity index (χ4v) is 1.87. The summed E-state index contributed by atoms with van der Waals surface area (Å²) >= 11 is 0. The summed E-state index contributed by atoms with van der Waals surface area (Å²) in [5, 5.41) is 0. The van der Waals surface area contributed by atoms with Gasteiger partial charge in [-0.05, 0) is 37.8 Å². The van der Waals surface area contributed by atoms with Gasteiger partial charge < -0.3 is 15.9 Å². The van der Waals surface area contributed by atoms with E-state index < -0.39 is 0 Å². The molecule has 3 nitrogen and oxygen atoms in total. The van der Waals surface area contributed by atoms with E-state index in [1.165, 1.54) is 0 Å². The van der Waals surface area contributed by atoms with Crippen molar-refractivity contribution in [3.8, 4) is 0 Å². The number of rotatable bonds is 2. The predicted molar refractivity (Wildman–Crippen MR) is 51.1 cm³/mol. The van der Waals surface area contributed by atoms with Crippen LogP contribution in [0.1, 0.15) is 30.4 Å². The van der Waals surface area contributed by atoms with Crippen LogP contribution in [0, 0.1) is 12.8 Å². The predicted octanol–water partition coefficient (Wildman–Crippen LogP) is 1.33. The van der Waals surface area contributed by atoms with Crippen molar-refractivity contribution in [3.63, 3.8) is 0 Å². The Balaban J connectivity index is 2.01. The average Bonchev–Trinajstić information content (AvgIpc) is 2.45. The highest BCUT2D eigenvalue weighted by Gasteiger charge is 2.32. The average molecular weight is 180 g/mol. The SMILES string of the molecule is Cc1ccc(C(N)C2CC(N)C2)o1. The van der Waals surface area contributed by atoms with E-state index in [-0.39, 0.29) is 6.04 Å². The first kappa shape index (κ1) is 8.78. The Morgan fingerprint density at radius 1 is 1.46 bits per heavy atom. The third kappa shape index (κ3) is 1.62. The maximum absolute atomic E-state index is 6.03. The highest BCUT2D eigenvalue weighted by Crippen LogP contribution is 2.35. The van der Waals surface area contributed by atoms with Gasteiger partial charge in [0.1, 0.15) is 11.5 Å². The molecule has 72 valence electrons. The zero-order valence-electron chi connectivity index (χ0n) is 7.86. The van der Waals surface area contributed by atoms with E-state index in [1.807, 2.05) is 19.1 Å². The van der Waals surface area contributed by atoms with Crippen molar-refractivity contribution >= 4 is 0 Å². The van der Waals surface area contributed by atoms with E-state index in [1.54, 1.807) is 0 Å². The Morgan fingerprint density at radius 3 is 2.62 bits per heavy atom. The molecule has 0 amide bonds. The second-order valence-electron chi connectivity index (χ2n) is 3.97. The summed E-state index contributed by atoms with van der Waals surface area (Å²) in [5.41, 5.74) is 11.7. The van der Waals surface area contributed by atoms with Gasteiger partial charge in [-0.1, -0.05) is 0 Å². The largest absolute Gasteiger partial charge is 0.465 e. The lowest BCUT2D eigenvalue weighted by Crippen LogP contribution is -2.41. The summed E-state index contributed by atoms with van der Waals surface area (Å²) in [6.07, 6.45) is 2.06. The second kappa shape index (κ2) is 3.16. The van der Waals surface area contributed by atoms with Crippen molar-refractivity contribution in [3.05, 3.63) is 23.7 Å². The highest BCUT2D eigenvalue weighted by molar-refractivity contribution is 5.11. The van der Waals surface area contributed by atoms with E-state index in [0.29, 0.717) is 12.0 Å². The smallest absolute Gasteiger partial charge is 0.121 e. The molecular weight excluding hydrogens is 164 g/mol. The molecule has 1 aliphatic carbocycles. The Bertz CT molecular complexity index is 289. The Morgan fingerprint density at radius 2 is 2.15 bits per heavy atom. The Kier molecular flexibility index (Phi) is 2.14. The molecule has 1 heterocycles. The van der Waals surface area contributed by atoms with Crippen LogP contribution in [0.15, 0.2) is 16.5 Å². The van der Waals surface area contributed by atoms with Gasteiger partial charge in [-0.25, -0.2) is 0 Å². The Labute approximate surface area is 78.1 Å². The first-order valence-corrected chi connectivity index (χ1v) is 4.74. The van der Waals surface area contributed by atoms with E-state index >= 15 is 0 Å².